The fourth-order valence-electron chi connectivity index (χ4n) is 1.07. The van der Waals surface area contributed by atoms with Crippen LogP contribution in [0.2, 0.25) is 0 Å². The van der Waals surface area contributed by atoms with Gasteiger partial charge in [0.1, 0.15) is 11.5 Å². The quantitative estimate of drug-likeness (QED) is 0.813. The Bertz CT molecular complexity index is 579. The third-order valence-electron chi connectivity index (χ3n) is 2.50. The molecule has 0 bridgehead atoms. The topological polar surface area (TPSA) is 122 Å². The minimum atomic E-state index is -4.01. The smallest absolute Gasteiger partial charge is 0.371 e. The Morgan fingerprint density at radius 3 is 2.22 bits per heavy atom. The normalized spacial score (nSPS) is 12.3. The Morgan fingerprint density at radius 1 is 1.28 bits per heavy atom. The standard InChI is InChI=1S/C10H12O7S/c1-10(2,9(13)14)18(15,16)5-6-3-4-7(17-6)8(11)12/h3-4H,5H2,1-2H3,(H,11,12)(H,13,14). The molecule has 0 unspecified atom stereocenters. The van der Waals surface area contributed by atoms with Crippen molar-refractivity contribution in [2.75, 3.05) is 0 Å². The summed E-state index contributed by atoms with van der Waals surface area (Å²) in [5, 5.41) is 17.5. The molecule has 2 N–H and O–H groups in total. The lowest BCUT2D eigenvalue weighted by atomic mass is 10.2. The molecule has 0 aliphatic heterocycles. The Morgan fingerprint density at radius 2 is 1.83 bits per heavy atom. The molecule has 0 fully saturated rings. The second-order valence-electron chi connectivity index (χ2n) is 4.15. The summed E-state index contributed by atoms with van der Waals surface area (Å²) in [6.45, 7) is 2.12. The maximum Gasteiger partial charge on any atom is 0.371 e. The summed E-state index contributed by atoms with van der Waals surface area (Å²) in [5.74, 6) is -3.97. The van der Waals surface area contributed by atoms with Gasteiger partial charge in [0.2, 0.25) is 5.76 Å². The molecule has 0 saturated carbocycles. The van der Waals surface area contributed by atoms with Gasteiger partial charge in [0.15, 0.2) is 14.6 Å². The predicted molar refractivity (Wildman–Crippen MR) is 60.0 cm³/mol. The molecular weight excluding hydrogens is 264 g/mol. The molecule has 0 radical (unpaired) electrons. The number of carboxylic acid groups (broad SMARTS) is 2. The summed E-state index contributed by atoms with van der Waals surface area (Å²) in [6.07, 6.45) is 0. The number of hydrogen-bond acceptors (Lipinski definition) is 5. The lowest BCUT2D eigenvalue weighted by Crippen LogP contribution is -2.41. The molecule has 0 spiro atoms. The fourth-order valence-corrected chi connectivity index (χ4v) is 2.23. The highest BCUT2D eigenvalue weighted by Crippen LogP contribution is 2.22. The first-order valence-corrected chi connectivity index (χ1v) is 6.51. The van der Waals surface area contributed by atoms with E-state index >= 15 is 0 Å². The Labute approximate surface area is 103 Å². The van der Waals surface area contributed by atoms with Gasteiger partial charge in [0.25, 0.3) is 0 Å². The van der Waals surface area contributed by atoms with Crippen molar-refractivity contribution in [3.05, 3.63) is 23.7 Å². The van der Waals surface area contributed by atoms with Crippen molar-refractivity contribution in [1.82, 2.24) is 0 Å². The van der Waals surface area contributed by atoms with Gasteiger partial charge in [-0.25, -0.2) is 13.2 Å². The van der Waals surface area contributed by atoms with Gasteiger partial charge in [0, 0.05) is 0 Å². The largest absolute Gasteiger partial charge is 0.480 e. The first kappa shape index (κ1) is 14.2. The summed E-state index contributed by atoms with van der Waals surface area (Å²) >= 11 is 0. The van der Waals surface area contributed by atoms with Gasteiger partial charge in [0.05, 0.1) is 0 Å². The highest BCUT2D eigenvalue weighted by molar-refractivity contribution is 7.92. The lowest BCUT2D eigenvalue weighted by Gasteiger charge is -2.18. The van der Waals surface area contributed by atoms with Crippen molar-refractivity contribution in [1.29, 1.82) is 0 Å². The van der Waals surface area contributed by atoms with Crippen LogP contribution in [0.3, 0.4) is 0 Å². The Balaban J connectivity index is 3.03. The molecule has 1 aromatic rings. The average molecular weight is 276 g/mol. The Hall–Kier alpha value is -1.83. The van der Waals surface area contributed by atoms with Crippen LogP contribution < -0.4 is 0 Å². The van der Waals surface area contributed by atoms with Crippen LogP contribution in [0, 0.1) is 0 Å². The summed E-state index contributed by atoms with van der Waals surface area (Å²) in [4.78, 5) is 21.4. The van der Waals surface area contributed by atoms with Crippen LogP contribution in [-0.2, 0) is 20.4 Å². The van der Waals surface area contributed by atoms with Gasteiger partial charge >= 0.3 is 11.9 Å². The van der Waals surface area contributed by atoms with Crippen LogP contribution in [0.5, 0.6) is 0 Å². The highest BCUT2D eigenvalue weighted by Gasteiger charge is 2.42. The fraction of sp³-hybridized carbons (Fsp3) is 0.400. The van der Waals surface area contributed by atoms with E-state index in [2.05, 4.69) is 0 Å². The molecule has 1 rings (SSSR count). The summed E-state index contributed by atoms with van der Waals surface area (Å²) in [5.41, 5.74) is 0. The monoisotopic (exact) mass is 276 g/mol. The van der Waals surface area contributed by atoms with E-state index in [1.807, 2.05) is 0 Å². The molecule has 0 saturated heterocycles. The van der Waals surface area contributed by atoms with Crippen molar-refractivity contribution < 1.29 is 32.6 Å². The molecule has 0 atom stereocenters. The molecule has 18 heavy (non-hydrogen) atoms. The van der Waals surface area contributed by atoms with E-state index in [0.29, 0.717) is 0 Å². The van der Waals surface area contributed by atoms with Crippen LogP contribution in [0.15, 0.2) is 16.5 Å². The number of hydrogen-bond donors (Lipinski definition) is 2. The Kier molecular flexibility index (Phi) is 3.52. The first-order valence-electron chi connectivity index (χ1n) is 4.85. The zero-order valence-corrected chi connectivity index (χ0v) is 10.5. The summed E-state index contributed by atoms with van der Waals surface area (Å²) in [6, 6.07) is 2.31. The molecule has 0 aliphatic rings. The van der Waals surface area contributed by atoms with E-state index in [9.17, 15) is 18.0 Å². The third kappa shape index (κ3) is 2.53. The molecule has 0 aliphatic carbocycles. The van der Waals surface area contributed by atoms with Crippen LogP contribution >= 0.6 is 0 Å². The first-order chi connectivity index (χ1) is 8.08. The molecular formula is C10H12O7S. The predicted octanol–water partition coefficient (Wildman–Crippen LogP) is 0.756. The number of furan rings is 1. The zero-order valence-electron chi connectivity index (χ0n) is 9.71. The zero-order chi connectivity index (χ0) is 14.1. The maximum atomic E-state index is 11.9. The van der Waals surface area contributed by atoms with E-state index in [-0.39, 0.29) is 5.76 Å². The molecule has 100 valence electrons. The molecule has 0 amide bonds. The van der Waals surface area contributed by atoms with Crippen LogP contribution in [0.25, 0.3) is 0 Å². The molecule has 8 heteroatoms. The maximum absolute atomic E-state index is 11.9. The molecule has 1 heterocycles. The number of carboxylic acids is 2. The minimum absolute atomic E-state index is 0.110. The molecule has 1 aromatic heterocycles. The van der Waals surface area contributed by atoms with E-state index in [0.717, 1.165) is 19.9 Å². The lowest BCUT2D eigenvalue weighted by molar-refractivity contribution is -0.139. The minimum Gasteiger partial charge on any atom is -0.480 e. The van der Waals surface area contributed by atoms with Crippen LogP contribution in [0.1, 0.15) is 30.2 Å². The summed E-state index contributed by atoms with van der Waals surface area (Å²) in [7, 11) is -4.01. The van der Waals surface area contributed by atoms with Gasteiger partial charge in [-0.3, -0.25) is 4.79 Å². The number of aliphatic carboxylic acids is 1. The third-order valence-corrected chi connectivity index (χ3v) is 4.89. The van der Waals surface area contributed by atoms with E-state index in [1.165, 1.54) is 6.07 Å². The van der Waals surface area contributed by atoms with Crippen molar-refractivity contribution in [2.45, 2.75) is 24.3 Å². The number of rotatable bonds is 5. The van der Waals surface area contributed by atoms with Gasteiger partial charge < -0.3 is 14.6 Å². The molecule has 7 nitrogen and oxygen atoms in total. The van der Waals surface area contributed by atoms with E-state index < -0.39 is 38.0 Å². The van der Waals surface area contributed by atoms with Gasteiger partial charge in [-0.15, -0.1) is 0 Å². The van der Waals surface area contributed by atoms with Gasteiger partial charge in [-0.2, -0.15) is 0 Å². The molecule has 0 aromatic carbocycles. The van der Waals surface area contributed by atoms with Crippen LogP contribution in [-0.4, -0.2) is 35.3 Å². The number of aromatic carboxylic acids is 1. The van der Waals surface area contributed by atoms with E-state index in [4.69, 9.17) is 14.6 Å². The second kappa shape index (κ2) is 4.45. The average Bonchev–Trinajstić information content (AvgIpc) is 2.64. The van der Waals surface area contributed by atoms with Gasteiger partial charge in [-0.1, -0.05) is 0 Å². The summed E-state index contributed by atoms with van der Waals surface area (Å²) < 4.78 is 26.5. The van der Waals surface area contributed by atoms with Gasteiger partial charge in [-0.05, 0) is 26.0 Å². The highest BCUT2D eigenvalue weighted by atomic mass is 32.2. The van der Waals surface area contributed by atoms with Crippen molar-refractivity contribution in [2.24, 2.45) is 0 Å². The van der Waals surface area contributed by atoms with Crippen molar-refractivity contribution >= 4 is 21.8 Å². The second-order valence-corrected chi connectivity index (χ2v) is 6.68. The van der Waals surface area contributed by atoms with E-state index in [1.54, 1.807) is 0 Å². The van der Waals surface area contributed by atoms with Crippen molar-refractivity contribution in [3.8, 4) is 0 Å². The number of carbonyl (C=O) groups is 2. The van der Waals surface area contributed by atoms with Crippen molar-refractivity contribution in [3.63, 3.8) is 0 Å². The number of sulfone groups is 1. The van der Waals surface area contributed by atoms with Crippen LogP contribution in [0.4, 0.5) is 0 Å². The SMILES string of the molecule is CC(C)(C(=O)O)S(=O)(=O)Cc1ccc(C(=O)O)o1.